The normalized spacial score (nSPS) is 13.9. The second kappa shape index (κ2) is 5.88. The number of amides is 1. The highest BCUT2D eigenvalue weighted by molar-refractivity contribution is 6.05. The lowest BCUT2D eigenvalue weighted by atomic mass is 10.1. The maximum absolute atomic E-state index is 14.0. The molecule has 0 aliphatic heterocycles. The maximum atomic E-state index is 14.0. The fourth-order valence-corrected chi connectivity index (χ4v) is 2.74. The second-order valence-corrected chi connectivity index (χ2v) is 6.52. The SMILES string of the molecule is CN(C)c1ccc(C(=O)Nc2ccc3oc(C4CC4)nc3c2)cc1F. The number of anilines is 2. The van der Waals surface area contributed by atoms with E-state index in [1.807, 2.05) is 0 Å². The molecule has 128 valence electrons. The smallest absolute Gasteiger partial charge is 0.255 e. The fourth-order valence-electron chi connectivity index (χ4n) is 2.74. The maximum Gasteiger partial charge on any atom is 0.255 e. The summed E-state index contributed by atoms with van der Waals surface area (Å²) in [5, 5.41) is 2.78. The Morgan fingerprint density at radius 3 is 2.72 bits per heavy atom. The molecule has 0 atom stereocenters. The van der Waals surface area contributed by atoms with E-state index in [1.54, 1.807) is 49.3 Å². The molecule has 1 aliphatic rings. The van der Waals surface area contributed by atoms with Crippen molar-refractivity contribution in [3.63, 3.8) is 0 Å². The van der Waals surface area contributed by atoms with Gasteiger partial charge in [-0.05, 0) is 49.2 Å². The van der Waals surface area contributed by atoms with E-state index in [-0.39, 0.29) is 11.5 Å². The second-order valence-electron chi connectivity index (χ2n) is 6.52. The van der Waals surface area contributed by atoms with Crippen molar-refractivity contribution >= 4 is 28.4 Å². The topological polar surface area (TPSA) is 58.4 Å². The van der Waals surface area contributed by atoms with Gasteiger partial charge in [0, 0.05) is 31.3 Å². The number of oxazole rings is 1. The highest BCUT2D eigenvalue weighted by atomic mass is 19.1. The Morgan fingerprint density at radius 2 is 2.04 bits per heavy atom. The third-order valence-corrected chi connectivity index (χ3v) is 4.28. The summed E-state index contributed by atoms with van der Waals surface area (Å²) in [5.74, 6) is 0.400. The van der Waals surface area contributed by atoms with Crippen molar-refractivity contribution in [2.75, 3.05) is 24.3 Å². The number of rotatable bonds is 4. The number of halogens is 1. The number of carbonyl (C=O) groups is 1. The molecule has 2 aromatic carbocycles. The first-order valence-corrected chi connectivity index (χ1v) is 8.20. The predicted octanol–water partition coefficient (Wildman–Crippen LogP) is 4.16. The lowest BCUT2D eigenvalue weighted by Gasteiger charge is -2.14. The van der Waals surface area contributed by atoms with Gasteiger partial charge in [-0.1, -0.05) is 0 Å². The Labute approximate surface area is 144 Å². The molecule has 3 aromatic rings. The summed E-state index contributed by atoms with van der Waals surface area (Å²) in [7, 11) is 3.50. The van der Waals surface area contributed by atoms with Gasteiger partial charge in [-0.15, -0.1) is 0 Å². The van der Waals surface area contributed by atoms with Gasteiger partial charge < -0.3 is 14.6 Å². The molecule has 0 saturated heterocycles. The van der Waals surface area contributed by atoms with Gasteiger partial charge in [-0.2, -0.15) is 0 Å². The molecule has 0 unspecified atom stereocenters. The summed E-state index contributed by atoms with van der Waals surface area (Å²) in [6.45, 7) is 0. The average Bonchev–Trinajstić information content (AvgIpc) is 3.34. The van der Waals surface area contributed by atoms with Crippen LogP contribution in [0.2, 0.25) is 0 Å². The third kappa shape index (κ3) is 3.07. The first-order valence-electron chi connectivity index (χ1n) is 8.20. The molecule has 5 nitrogen and oxygen atoms in total. The van der Waals surface area contributed by atoms with E-state index in [0.717, 1.165) is 18.7 Å². The number of aromatic nitrogens is 1. The van der Waals surface area contributed by atoms with E-state index in [1.165, 1.54) is 6.07 Å². The minimum Gasteiger partial charge on any atom is -0.440 e. The van der Waals surface area contributed by atoms with E-state index in [2.05, 4.69) is 10.3 Å². The molecule has 6 heteroatoms. The molecule has 25 heavy (non-hydrogen) atoms. The highest BCUT2D eigenvalue weighted by Gasteiger charge is 2.28. The molecular weight excluding hydrogens is 321 g/mol. The largest absolute Gasteiger partial charge is 0.440 e. The Hall–Kier alpha value is -2.89. The number of hydrogen-bond donors (Lipinski definition) is 1. The van der Waals surface area contributed by atoms with Crippen LogP contribution in [-0.2, 0) is 0 Å². The molecule has 1 fully saturated rings. The van der Waals surface area contributed by atoms with E-state index in [9.17, 15) is 9.18 Å². The van der Waals surface area contributed by atoms with Crippen LogP contribution in [0.3, 0.4) is 0 Å². The average molecular weight is 339 g/mol. The monoisotopic (exact) mass is 339 g/mol. The van der Waals surface area contributed by atoms with E-state index in [4.69, 9.17) is 4.42 Å². The van der Waals surface area contributed by atoms with E-state index >= 15 is 0 Å². The summed E-state index contributed by atoms with van der Waals surface area (Å²) < 4.78 is 19.8. The van der Waals surface area contributed by atoms with Gasteiger partial charge >= 0.3 is 0 Å². The van der Waals surface area contributed by atoms with E-state index in [0.29, 0.717) is 28.4 Å². The van der Waals surface area contributed by atoms with Crippen LogP contribution in [0.1, 0.15) is 35.0 Å². The summed E-state index contributed by atoms with van der Waals surface area (Å²) in [5.41, 5.74) is 2.73. The lowest BCUT2D eigenvalue weighted by molar-refractivity contribution is 0.102. The minimum absolute atomic E-state index is 0.266. The van der Waals surface area contributed by atoms with Crippen LogP contribution in [-0.4, -0.2) is 25.0 Å². The van der Waals surface area contributed by atoms with Crippen LogP contribution in [0, 0.1) is 5.82 Å². The third-order valence-electron chi connectivity index (χ3n) is 4.28. The van der Waals surface area contributed by atoms with Crippen LogP contribution in [0.15, 0.2) is 40.8 Å². The van der Waals surface area contributed by atoms with Gasteiger partial charge in [0.2, 0.25) is 0 Å². The molecule has 1 N–H and O–H groups in total. The number of hydrogen-bond acceptors (Lipinski definition) is 4. The highest BCUT2D eigenvalue weighted by Crippen LogP contribution is 2.40. The fraction of sp³-hybridized carbons (Fsp3) is 0.263. The van der Waals surface area contributed by atoms with Crippen LogP contribution >= 0.6 is 0 Å². The van der Waals surface area contributed by atoms with Crippen LogP contribution in [0.25, 0.3) is 11.1 Å². The molecule has 1 saturated carbocycles. The Bertz CT molecular complexity index is 960. The van der Waals surface area contributed by atoms with Gasteiger partial charge in [0.25, 0.3) is 5.91 Å². The summed E-state index contributed by atoms with van der Waals surface area (Å²) in [6, 6.07) is 9.75. The minimum atomic E-state index is -0.432. The zero-order valence-corrected chi connectivity index (χ0v) is 14.0. The number of nitrogens with one attached hydrogen (secondary N) is 1. The van der Waals surface area contributed by atoms with Gasteiger partial charge in [-0.3, -0.25) is 4.79 Å². The van der Waals surface area contributed by atoms with Crippen molar-refractivity contribution in [3.05, 3.63) is 53.7 Å². The van der Waals surface area contributed by atoms with Gasteiger partial charge in [0.15, 0.2) is 11.5 Å². The molecule has 0 spiro atoms. The first-order chi connectivity index (χ1) is 12.0. The van der Waals surface area contributed by atoms with Crippen molar-refractivity contribution in [1.82, 2.24) is 4.98 Å². The van der Waals surface area contributed by atoms with Crippen LogP contribution < -0.4 is 10.2 Å². The van der Waals surface area contributed by atoms with Crippen LogP contribution in [0.4, 0.5) is 15.8 Å². The van der Waals surface area contributed by atoms with Crippen molar-refractivity contribution < 1.29 is 13.6 Å². The number of benzene rings is 2. The molecular formula is C19H18FN3O2. The quantitative estimate of drug-likeness (QED) is 0.775. The molecule has 4 rings (SSSR count). The zero-order chi connectivity index (χ0) is 17.6. The molecule has 1 heterocycles. The number of carbonyl (C=O) groups excluding carboxylic acids is 1. The standard InChI is InChI=1S/C19H18FN3O2/c1-23(2)16-7-5-12(9-14(16)20)18(24)21-13-6-8-17-15(10-13)22-19(25-17)11-3-4-11/h5-11H,3-4H2,1-2H3,(H,21,24). The first kappa shape index (κ1) is 15.6. The molecule has 1 amide bonds. The predicted molar refractivity (Wildman–Crippen MR) is 94.7 cm³/mol. The van der Waals surface area contributed by atoms with Crippen LogP contribution in [0.5, 0.6) is 0 Å². The molecule has 0 bridgehead atoms. The zero-order valence-electron chi connectivity index (χ0n) is 14.0. The van der Waals surface area contributed by atoms with Crippen molar-refractivity contribution in [1.29, 1.82) is 0 Å². The Balaban J connectivity index is 1.55. The number of nitrogens with zero attached hydrogens (tertiary/aromatic N) is 2. The molecule has 1 aliphatic carbocycles. The van der Waals surface area contributed by atoms with Gasteiger partial charge in [0.1, 0.15) is 11.3 Å². The van der Waals surface area contributed by atoms with E-state index < -0.39 is 5.82 Å². The van der Waals surface area contributed by atoms with Crippen molar-refractivity contribution in [3.8, 4) is 0 Å². The lowest BCUT2D eigenvalue weighted by Crippen LogP contribution is -2.14. The van der Waals surface area contributed by atoms with Gasteiger partial charge in [0.05, 0.1) is 5.69 Å². The molecule has 0 radical (unpaired) electrons. The van der Waals surface area contributed by atoms with Gasteiger partial charge in [-0.25, -0.2) is 9.37 Å². The number of fused-ring (bicyclic) bond motifs is 1. The summed E-state index contributed by atoms with van der Waals surface area (Å²) in [4.78, 5) is 18.5. The van der Waals surface area contributed by atoms with Crippen molar-refractivity contribution in [2.45, 2.75) is 18.8 Å². The molecule has 1 aromatic heterocycles. The summed E-state index contributed by atoms with van der Waals surface area (Å²) in [6.07, 6.45) is 2.23. The Kier molecular flexibility index (Phi) is 3.67. The van der Waals surface area contributed by atoms with Crippen molar-refractivity contribution in [2.24, 2.45) is 0 Å². The Morgan fingerprint density at radius 1 is 1.24 bits per heavy atom. The summed E-state index contributed by atoms with van der Waals surface area (Å²) >= 11 is 0.